The first-order valence-electron chi connectivity index (χ1n) is 6.10. The third-order valence-electron chi connectivity index (χ3n) is 3.10. The summed E-state index contributed by atoms with van der Waals surface area (Å²) in [5.41, 5.74) is 2.09. The molecule has 0 amide bonds. The van der Waals surface area contributed by atoms with Crippen molar-refractivity contribution >= 4 is 21.7 Å². The molecule has 92 valence electrons. The minimum Gasteiger partial charge on any atom is -0.372 e. The fraction of sp³-hybridized carbons (Fsp3) is 0.286. The van der Waals surface area contributed by atoms with E-state index in [0.717, 1.165) is 27.4 Å². The molecule has 2 aromatic rings. The van der Waals surface area contributed by atoms with Gasteiger partial charge in [-0.1, -0.05) is 30.3 Å². The molecule has 18 heavy (non-hydrogen) atoms. The van der Waals surface area contributed by atoms with Gasteiger partial charge in [0.15, 0.2) is 0 Å². The summed E-state index contributed by atoms with van der Waals surface area (Å²) in [6.07, 6.45) is 2.41. The summed E-state index contributed by atoms with van der Waals surface area (Å²) in [6, 6.07) is 10.2. The van der Waals surface area contributed by atoms with Crippen LogP contribution in [0.1, 0.15) is 24.6 Å². The maximum absolute atomic E-state index is 4.72. The number of nitrogens with one attached hydrogen (secondary N) is 1. The van der Waals surface area contributed by atoms with E-state index in [1.807, 2.05) is 25.2 Å². The van der Waals surface area contributed by atoms with Crippen molar-refractivity contribution in [3.63, 3.8) is 0 Å². The minimum absolute atomic E-state index is 0.549. The van der Waals surface area contributed by atoms with Gasteiger partial charge in [0.2, 0.25) is 0 Å². The number of halogens is 1. The molecule has 0 atom stereocenters. The molecule has 1 saturated carbocycles. The van der Waals surface area contributed by atoms with Gasteiger partial charge in [-0.2, -0.15) is 0 Å². The third kappa shape index (κ3) is 2.12. The second-order valence-corrected chi connectivity index (χ2v) is 5.28. The van der Waals surface area contributed by atoms with Crippen molar-refractivity contribution in [3.05, 3.63) is 40.6 Å². The van der Waals surface area contributed by atoms with Crippen LogP contribution < -0.4 is 5.32 Å². The molecule has 1 fully saturated rings. The number of hydrogen-bond acceptors (Lipinski definition) is 3. The van der Waals surface area contributed by atoms with Gasteiger partial charge in [0.25, 0.3) is 0 Å². The normalized spacial score (nSPS) is 14.6. The Balaban J connectivity index is 2.15. The predicted molar refractivity (Wildman–Crippen MR) is 76.7 cm³/mol. The highest BCUT2D eigenvalue weighted by Gasteiger charge is 2.28. The van der Waals surface area contributed by atoms with Crippen molar-refractivity contribution in [1.29, 1.82) is 0 Å². The molecule has 1 aliphatic rings. The fourth-order valence-electron chi connectivity index (χ4n) is 1.94. The van der Waals surface area contributed by atoms with Gasteiger partial charge in [-0.3, -0.25) is 0 Å². The van der Waals surface area contributed by atoms with E-state index in [9.17, 15) is 0 Å². The Hall–Kier alpha value is -1.42. The van der Waals surface area contributed by atoms with Crippen molar-refractivity contribution in [2.45, 2.75) is 18.8 Å². The number of benzene rings is 1. The summed E-state index contributed by atoms with van der Waals surface area (Å²) in [5, 5.41) is 3.13. The fourth-order valence-corrected chi connectivity index (χ4v) is 2.55. The van der Waals surface area contributed by atoms with Crippen molar-refractivity contribution in [2.75, 3.05) is 12.4 Å². The summed E-state index contributed by atoms with van der Waals surface area (Å²) in [7, 11) is 1.89. The van der Waals surface area contributed by atoms with Crippen LogP contribution in [-0.4, -0.2) is 17.0 Å². The second-order valence-electron chi connectivity index (χ2n) is 4.48. The number of rotatable bonds is 3. The summed E-state index contributed by atoms with van der Waals surface area (Å²) in [6.45, 7) is 0. The highest BCUT2D eigenvalue weighted by molar-refractivity contribution is 9.10. The van der Waals surface area contributed by atoms with Crippen LogP contribution in [0.25, 0.3) is 11.3 Å². The Kier molecular flexibility index (Phi) is 3.04. The lowest BCUT2D eigenvalue weighted by Gasteiger charge is -2.10. The van der Waals surface area contributed by atoms with Gasteiger partial charge in [-0.05, 0) is 28.8 Å². The molecule has 1 aromatic heterocycles. The molecule has 0 spiro atoms. The van der Waals surface area contributed by atoms with Gasteiger partial charge in [-0.25, -0.2) is 9.97 Å². The molecule has 0 bridgehead atoms. The zero-order chi connectivity index (χ0) is 12.5. The monoisotopic (exact) mass is 303 g/mol. The zero-order valence-corrected chi connectivity index (χ0v) is 11.7. The van der Waals surface area contributed by atoms with E-state index in [0.29, 0.717) is 5.92 Å². The highest BCUT2D eigenvalue weighted by atomic mass is 79.9. The standard InChI is InChI=1S/C14H14BrN3/c1-16-14-11(15)12(9-5-3-2-4-6-9)17-13(18-14)10-7-8-10/h2-6,10H,7-8H2,1H3,(H,16,17,18). The Morgan fingerprint density at radius 3 is 2.50 bits per heavy atom. The SMILES string of the molecule is CNc1nc(C2CC2)nc(-c2ccccc2)c1Br. The first-order valence-corrected chi connectivity index (χ1v) is 6.89. The van der Waals surface area contributed by atoms with Crippen molar-refractivity contribution < 1.29 is 0 Å². The van der Waals surface area contributed by atoms with Gasteiger partial charge in [0.05, 0.1) is 10.2 Å². The van der Waals surface area contributed by atoms with E-state index in [4.69, 9.17) is 4.98 Å². The van der Waals surface area contributed by atoms with Crippen molar-refractivity contribution in [2.24, 2.45) is 0 Å². The number of hydrogen-bond donors (Lipinski definition) is 1. The van der Waals surface area contributed by atoms with Crippen LogP contribution in [0, 0.1) is 0 Å². The van der Waals surface area contributed by atoms with Crippen LogP contribution in [0.3, 0.4) is 0 Å². The van der Waals surface area contributed by atoms with E-state index in [2.05, 4.69) is 38.4 Å². The van der Waals surface area contributed by atoms with Crippen LogP contribution in [0.5, 0.6) is 0 Å². The Morgan fingerprint density at radius 2 is 1.89 bits per heavy atom. The van der Waals surface area contributed by atoms with E-state index in [-0.39, 0.29) is 0 Å². The lowest BCUT2D eigenvalue weighted by Crippen LogP contribution is -2.02. The van der Waals surface area contributed by atoms with E-state index >= 15 is 0 Å². The van der Waals surface area contributed by atoms with Gasteiger partial charge >= 0.3 is 0 Å². The molecular weight excluding hydrogens is 290 g/mol. The highest BCUT2D eigenvalue weighted by Crippen LogP contribution is 2.41. The quantitative estimate of drug-likeness (QED) is 0.936. The largest absolute Gasteiger partial charge is 0.372 e. The molecule has 4 heteroatoms. The number of anilines is 1. The van der Waals surface area contributed by atoms with Gasteiger partial charge in [-0.15, -0.1) is 0 Å². The summed E-state index contributed by atoms with van der Waals surface area (Å²) in [5.74, 6) is 2.37. The summed E-state index contributed by atoms with van der Waals surface area (Å²) < 4.78 is 0.931. The Labute approximate surface area is 115 Å². The first kappa shape index (κ1) is 11.7. The molecule has 1 aliphatic carbocycles. The molecule has 1 aromatic carbocycles. The Morgan fingerprint density at radius 1 is 1.17 bits per heavy atom. The van der Waals surface area contributed by atoms with Crippen LogP contribution in [0.4, 0.5) is 5.82 Å². The van der Waals surface area contributed by atoms with Gasteiger partial charge < -0.3 is 5.32 Å². The molecule has 0 radical (unpaired) electrons. The number of aromatic nitrogens is 2. The Bertz CT molecular complexity index is 565. The average molecular weight is 304 g/mol. The summed E-state index contributed by atoms with van der Waals surface area (Å²) in [4.78, 5) is 9.29. The predicted octanol–water partition coefficient (Wildman–Crippen LogP) is 3.83. The average Bonchev–Trinajstić information content (AvgIpc) is 3.24. The second kappa shape index (κ2) is 4.69. The maximum atomic E-state index is 4.72. The maximum Gasteiger partial charge on any atom is 0.144 e. The van der Waals surface area contributed by atoms with Gasteiger partial charge in [0, 0.05) is 18.5 Å². The number of nitrogens with zero attached hydrogens (tertiary/aromatic N) is 2. The molecule has 1 N–H and O–H groups in total. The van der Waals surface area contributed by atoms with Crippen LogP contribution in [0.2, 0.25) is 0 Å². The van der Waals surface area contributed by atoms with E-state index < -0.39 is 0 Å². The smallest absolute Gasteiger partial charge is 0.144 e. The lowest BCUT2D eigenvalue weighted by atomic mass is 10.1. The van der Waals surface area contributed by atoms with E-state index in [1.54, 1.807) is 0 Å². The topological polar surface area (TPSA) is 37.8 Å². The first-order chi connectivity index (χ1) is 8.79. The molecule has 0 aliphatic heterocycles. The zero-order valence-electron chi connectivity index (χ0n) is 10.2. The molecule has 0 saturated heterocycles. The third-order valence-corrected chi connectivity index (χ3v) is 3.85. The molecule has 3 nitrogen and oxygen atoms in total. The van der Waals surface area contributed by atoms with Crippen molar-refractivity contribution in [1.82, 2.24) is 9.97 Å². The van der Waals surface area contributed by atoms with E-state index in [1.165, 1.54) is 12.8 Å². The lowest BCUT2D eigenvalue weighted by molar-refractivity contribution is 0.928. The van der Waals surface area contributed by atoms with Crippen LogP contribution in [0.15, 0.2) is 34.8 Å². The van der Waals surface area contributed by atoms with Crippen LogP contribution in [-0.2, 0) is 0 Å². The van der Waals surface area contributed by atoms with Crippen LogP contribution >= 0.6 is 15.9 Å². The minimum atomic E-state index is 0.549. The summed E-state index contributed by atoms with van der Waals surface area (Å²) >= 11 is 3.59. The molecule has 0 unspecified atom stereocenters. The molecular formula is C14H14BrN3. The molecule has 1 heterocycles. The molecule has 3 rings (SSSR count). The van der Waals surface area contributed by atoms with Gasteiger partial charge in [0.1, 0.15) is 11.6 Å². The van der Waals surface area contributed by atoms with Crippen molar-refractivity contribution in [3.8, 4) is 11.3 Å².